The molecule has 0 bridgehead atoms. The van der Waals surface area contributed by atoms with Crippen molar-refractivity contribution >= 4 is 51.7 Å². The maximum absolute atomic E-state index is 13.2. The predicted molar refractivity (Wildman–Crippen MR) is 123 cm³/mol. The predicted octanol–water partition coefficient (Wildman–Crippen LogP) is 3.15. The molecule has 3 aromatic rings. The number of rotatable bonds is 5. The van der Waals surface area contributed by atoms with Crippen LogP contribution in [0.4, 0.5) is 5.82 Å². The lowest BCUT2D eigenvalue weighted by molar-refractivity contribution is -0.121. The minimum absolute atomic E-state index is 0.233. The fourth-order valence-corrected chi connectivity index (χ4v) is 4.13. The summed E-state index contributed by atoms with van der Waals surface area (Å²) in [7, 11) is 3.23. The monoisotopic (exact) mass is 438 g/mol. The molecule has 0 unspecified atom stereocenters. The van der Waals surface area contributed by atoms with Crippen LogP contribution in [0.2, 0.25) is 0 Å². The summed E-state index contributed by atoms with van der Waals surface area (Å²) in [5.41, 5.74) is 1.55. The van der Waals surface area contributed by atoms with Crippen LogP contribution < -0.4 is 15.6 Å². The molecule has 0 radical (unpaired) electrons. The zero-order chi connectivity index (χ0) is 21.3. The number of fused-ring (bicyclic) bond motifs is 1. The van der Waals surface area contributed by atoms with Crippen LogP contribution in [0.25, 0.3) is 11.7 Å². The number of aromatic nitrogens is 2. The first-order valence-corrected chi connectivity index (χ1v) is 10.3. The van der Waals surface area contributed by atoms with E-state index in [0.717, 1.165) is 11.3 Å². The Balaban J connectivity index is 1.75. The van der Waals surface area contributed by atoms with Crippen molar-refractivity contribution in [1.82, 2.24) is 14.3 Å². The second-order valence-corrected chi connectivity index (χ2v) is 8.23. The molecule has 3 heterocycles. The number of benzene rings is 1. The lowest BCUT2D eigenvalue weighted by Gasteiger charge is -2.11. The van der Waals surface area contributed by atoms with Gasteiger partial charge in [0, 0.05) is 19.8 Å². The molecule has 1 saturated heterocycles. The molecule has 30 heavy (non-hydrogen) atoms. The van der Waals surface area contributed by atoms with Crippen LogP contribution >= 0.6 is 24.0 Å². The highest BCUT2D eigenvalue weighted by Gasteiger charge is 2.29. The Bertz CT molecular complexity index is 1240. The van der Waals surface area contributed by atoms with Gasteiger partial charge in [0.25, 0.3) is 11.5 Å². The van der Waals surface area contributed by atoms with Gasteiger partial charge in [-0.05, 0) is 35.9 Å². The second kappa shape index (κ2) is 8.29. The SMILES string of the molecule is COc1ccc(CNc2nc3ccccn3c(=O)c2/C=C2\SC(=S)N(C)C2=O)cc1. The van der Waals surface area contributed by atoms with Gasteiger partial charge in [0.05, 0.1) is 17.6 Å². The molecule has 4 rings (SSSR count). The quantitative estimate of drug-likeness (QED) is 0.484. The standard InChI is InChI=1S/C21H18N4O3S2/c1-24-20(27)16(30-21(24)29)11-15-18(22-12-13-6-8-14(28-2)9-7-13)23-17-5-3-4-10-25(17)19(15)26/h3-11,22H,12H2,1-2H3/b16-11-. The second-order valence-electron chi connectivity index (χ2n) is 6.55. The van der Waals surface area contributed by atoms with E-state index in [9.17, 15) is 9.59 Å². The number of pyridine rings is 1. The number of thioether (sulfide) groups is 1. The number of nitrogens with zero attached hydrogens (tertiary/aromatic N) is 3. The van der Waals surface area contributed by atoms with Crippen LogP contribution in [0.3, 0.4) is 0 Å². The van der Waals surface area contributed by atoms with E-state index in [1.165, 1.54) is 21.1 Å². The average molecular weight is 439 g/mol. The molecule has 1 aromatic carbocycles. The minimum Gasteiger partial charge on any atom is -0.497 e. The molecule has 2 aromatic heterocycles. The van der Waals surface area contributed by atoms with Gasteiger partial charge in [0.1, 0.15) is 21.5 Å². The third-order valence-electron chi connectivity index (χ3n) is 4.65. The van der Waals surface area contributed by atoms with E-state index < -0.39 is 0 Å². The van der Waals surface area contributed by atoms with Gasteiger partial charge < -0.3 is 10.1 Å². The fraction of sp³-hybridized carbons (Fsp3) is 0.143. The summed E-state index contributed by atoms with van der Waals surface area (Å²) in [4.78, 5) is 32.0. The molecule has 1 aliphatic rings. The smallest absolute Gasteiger partial charge is 0.267 e. The molecule has 7 nitrogen and oxygen atoms in total. The number of thiocarbonyl (C=S) groups is 1. The first-order valence-electron chi connectivity index (χ1n) is 9.07. The molecule has 0 atom stereocenters. The van der Waals surface area contributed by atoms with Crippen molar-refractivity contribution in [2.24, 2.45) is 0 Å². The van der Waals surface area contributed by atoms with Crippen molar-refractivity contribution in [1.29, 1.82) is 0 Å². The number of carbonyl (C=O) groups is 1. The van der Waals surface area contributed by atoms with E-state index in [1.807, 2.05) is 30.3 Å². The third kappa shape index (κ3) is 3.81. The van der Waals surface area contributed by atoms with Crippen molar-refractivity contribution in [2.45, 2.75) is 6.54 Å². The molecule has 1 aliphatic heterocycles. The Morgan fingerprint density at radius 1 is 1.20 bits per heavy atom. The zero-order valence-corrected chi connectivity index (χ0v) is 17.9. The van der Waals surface area contributed by atoms with E-state index >= 15 is 0 Å². The van der Waals surface area contributed by atoms with E-state index in [1.54, 1.807) is 38.6 Å². The van der Waals surface area contributed by atoms with Crippen molar-refractivity contribution in [2.75, 3.05) is 19.5 Å². The van der Waals surface area contributed by atoms with Crippen molar-refractivity contribution in [3.05, 3.63) is 75.0 Å². The normalized spacial score (nSPS) is 15.3. The summed E-state index contributed by atoms with van der Waals surface area (Å²) in [6.45, 7) is 0.453. The summed E-state index contributed by atoms with van der Waals surface area (Å²) < 4.78 is 7.09. The van der Waals surface area contributed by atoms with Crippen molar-refractivity contribution < 1.29 is 9.53 Å². The van der Waals surface area contributed by atoms with Gasteiger partial charge in [-0.2, -0.15) is 0 Å². The van der Waals surface area contributed by atoms with Crippen molar-refractivity contribution in [3.63, 3.8) is 0 Å². The molecule has 0 aliphatic carbocycles. The van der Waals surface area contributed by atoms with E-state index in [-0.39, 0.29) is 11.5 Å². The number of hydrogen-bond donors (Lipinski definition) is 1. The Morgan fingerprint density at radius 3 is 2.63 bits per heavy atom. The molecular weight excluding hydrogens is 420 g/mol. The number of ether oxygens (including phenoxy) is 1. The number of carbonyl (C=O) groups excluding carboxylic acids is 1. The Morgan fingerprint density at radius 2 is 1.97 bits per heavy atom. The number of anilines is 1. The van der Waals surface area contributed by atoms with Crippen LogP contribution in [0, 0.1) is 0 Å². The molecular formula is C21H18N4O3S2. The summed E-state index contributed by atoms with van der Waals surface area (Å²) in [6.07, 6.45) is 3.22. The van der Waals surface area contributed by atoms with Crippen LogP contribution in [0.1, 0.15) is 11.1 Å². The van der Waals surface area contributed by atoms with Gasteiger partial charge in [-0.25, -0.2) is 4.98 Å². The lowest BCUT2D eigenvalue weighted by atomic mass is 10.2. The highest BCUT2D eigenvalue weighted by atomic mass is 32.2. The van der Waals surface area contributed by atoms with Gasteiger partial charge in [-0.3, -0.25) is 18.9 Å². The maximum atomic E-state index is 13.2. The molecule has 0 spiro atoms. The first kappa shape index (κ1) is 20.1. The summed E-state index contributed by atoms with van der Waals surface area (Å²) >= 11 is 6.36. The largest absolute Gasteiger partial charge is 0.497 e. The average Bonchev–Trinajstić information content (AvgIpc) is 3.01. The fourth-order valence-electron chi connectivity index (χ4n) is 2.97. The zero-order valence-electron chi connectivity index (χ0n) is 16.3. The number of nitrogens with one attached hydrogen (secondary N) is 1. The number of amides is 1. The highest BCUT2D eigenvalue weighted by Crippen LogP contribution is 2.31. The lowest BCUT2D eigenvalue weighted by Crippen LogP contribution is -2.23. The summed E-state index contributed by atoms with van der Waals surface area (Å²) in [5.74, 6) is 0.940. The van der Waals surface area contributed by atoms with Crippen LogP contribution in [0.15, 0.2) is 58.4 Å². The molecule has 1 N–H and O–H groups in total. The van der Waals surface area contributed by atoms with Gasteiger partial charge in [0.2, 0.25) is 0 Å². The Hall–Kier alpha value is -3.17. The molecule has 0 saturated carbocycles. The molecule has 1 fully saturated rings. The molecule has 1 amide bonds. The number of methoxy groups -OCH3 is 1. The summed E-state index contributed by atoms with van der Waals surface area (Å²) in [6, 6.07) is 12.9. The Labute approximate surface area is 182 Å². The van der Waals surface area contributed by atoms with Crippen LogP contribution in [0.5, 0.6) is 5.75 Å². The maximum Gasteiger partial charge on any atom is 0.267 e. The number of hydrogen-bond acceptors (Lipinski definition) is 7. The Kier molecular flexibility index (Phi) is 5.56. The number of likely N-dealkylation sites (N-methyl/N-ethyl adjacent to an activating group) is 1. The molecule has 152 valence electrons. The topological polar surface area (TPSA) is 75.9 Å². The first-order chi connectivity index (χ1) is 14.5. The van der Waals surface area contributed by atoms with Crippen molar-refractivity contribution in [3.8, 4) is 5.75 Å². The summed E-state index contributed by atoms with van der Waals surface area (Å²) in [5, 5.41) is 3.23. The van der Waals surface area contributed by atoms with E-state index in [0.29, 0.717) is 32.8 Å². The van der Waals surface area contributed by atoms with E-state index in [2.05, 4.69) is 10.3 Å². The molecule has 9 heteroatoms. The third-order valence-corrected chi connectivity index (χ3v) is 6.13. The van der Waals surface area contributed by atoms with Gasteiger partial charge in [-0.15, -0.1) is 0 Å². The van der Waals surface area contributed by atoms with Crippen LogP contribution in [-0.4, -0.2) is 38.7 Å². The van der Waals surface area contributed by atoms with Gasteiger partial charge in [0.15, 0.2) is 0 Å². The van der Waals surface area contributed by atoms with Crippen LogP contribution in [-0.2, 0) is 11.3 Å². The van der Waals surface area contributed by atoms with E-state index in [4.69, 9.17) is 17.0 Å². The van der Waals surface area contributed by atoms with Gasteiger partial charge in [-0.1, -0.05) is 42.2 Å². The highest BCUT2D eigenvalue weighted by molar-refractivity contribution is 8.26. The minimum atomic E-state index is -0.265. The van der Waals surface area contributed by atoms with Gasteiger partial charge >= 0.3 is 0 Å².